The van der Waals surface area contributed by atoms with E-state index < -0.39 is 0 Å². The molecule has 1 aliphatic rings. The van der Waals surface area contributed by atoms with Crippen LogP contribution in [0.25, 0.3) is 0 Å². The Morgan fingerprint density at radius 3 is 2.84 bits per heavy atom. The van der Waals surface area contributed by atoms with Gasteiger partial charge in [-0.15, -0.1) is 0 Å². The van der Waals surface area contributed by atoms with Gasteiger partial charge in [-0.25, -0.2) is 0 Å². The zero-order valence-electron chi connectivity index (χ0n) is 12.7. The van der Waals surface area contributed by atoms with Crippen molar-refractivity contribution in [3.63, 3.8) is 0 Å². The van der Waals surface area contributed by atoms with Gasteiger partial charge >= 0.3 is 0 Å². The fourth-order valence-electron chi connectivity index (χ4n) is 3.40. The molecule has 1 aromatic heterocycles. The minimum atomic E-state index is 0.685. The van der Waals surface area contributed by atoms with Crippen molar-refractivity contribution < 1.29 is 0 Å². The lowest BCUT2D eigenvalue weighted by Crippen LogP contribution is -2.41. The first-order valence-electron chi connectivity index (χ1n) is 7.68. The van der Waals surface area contributed by atoms with Crippen LogP contribution in [0.3, 0.4) is 0 Å². The first-order chi connectivity index (χ1) is 9.19. The van der Waals surface area contributed by atoms with Crippen molar-refractivity contribution in [3.8, 4) is 0 Å². The fraction of sp³-hybridized carbons (Fsp3) is 0.800. The summed E-state index contributed by atoms with van der Waals surface area (Å²) in [6.45, 7) is 6.25. The molecule has 1 atom stereocenters. The third-order valence-corrected chi connectivity index (χ3v) is 4.23. The topological polar surface area (TPSA) is 47.1 Å². The maximum Gasteiger partial charge on any atom is 0.130 e. The van der Waals surface area contributed by atoms with Gasteiger partial charge in [0.2, 0.25) is 0 Å². The molecule has 0 radical (unpaired) electrons. The minimum Gasteiger partial charge on any atom is -0.354 e. The van der Waals surface area contributed by atoms with Gasteiger partial charge in [-0.05, 0) is 45.6 Å². The summed E-state index contributed by atoms with van der Waals surface area (Å²) in [6.07, 6.45) is 7.46. The molecule has 1 unspecified atom stereocenters. The molecule has 1 aromatic rings. The van der Waals surface area contributed by atoms with Crippen LogP contribution in [0.1, 0.15) is 50.3 Å². The molecule has 2 N–H and O–H groups in total. The Morgan fingerprint density at radius 1 is 1.37 bits per heavy atom. The smallest absolute Gasteiger partial charge is 0.130 e. The number of aromatic nitrogens is 2. The molecule has 0 saturated carbocycles. The number of rotatable bonds is 5. The predicted octanol–water partition coefficient (Wildman–Crippen LogP) is 2.39. The molecule has 19 heavy (non-hydrogen) atoms. The molecule has 1 fully saturated rings. The van der Waals surface area contributed by atoms with E-state index in [0.29, 0.717) is 12.6 Å². The zero-order chi connectivity index (χ0) is 13.8. The molecular formula is C15H28N4. The quantitative estimate of drug-likeness (QED) is 0.888. The van der Waals surface area contributed by atoms with E-state index in [9.17, 15) is 0 Å². The molecule has 1 saturated heterocycles. The Balaban J connectivity index is 2.32. The number of nitrogens with zero attached hydrogens (tertiary/aromatic N) is 3. The Morgan fingerprint density at radius 2 is 2.16 bits per heavy atom. The van der Waals surface area contributed by atoms with Crippen molar-refractivity contribution in [2.75, 3.05) is 18.0 Å². The molecule has 2 heterocycles. The largest absolute Gasteiger partial charge is 0.354 e. The highest BCUT2D eigenvalue weighted by Gasteiger charge is 2.27. The van der Waals surface area contributed by atoms with Crippen LogP contribution in [0.15, 0.2) is 0 Å². The highest BCUT2D eigenvalue weighted by atomic mass is 15.4. The standard InChI is InChI=1S/C15H28N4/c1-4-7-13-8-5-6-11-19(13)15-14(9-10-16)12(2)17-18(15)3/h13H,4-11,16H2,1-3H3. The van der Waals surface area contributed by atoms with Crippen LogP contribution in [0.2, 0.25) is 0 Å². The van der Waals surface area contributed by atoms with Gasteiger partial charge in [-0.3, -0.25) is 4.68 Å². The van der Waals surface area contributed by atoms with E-state index in [1.54, 1.807) is 0 Å². The molecule has 0 aromatic carbocycles. The van der Waals surface area contributed by atoms with E-state index in [1.807, 2.05) is 0 Å². The molecular weight excluding hydrogens is 236 g/mol. The molecule has 0 spiro atoms. The summed E-state index contributed by atoms with van der Waals surface area (Å²) in [7, 11) is 2.07. The number of anilines is 1. The van der Waals surface area contributed by atoms with E-state index in [-0.39, 0.29) is 0 Å². The van der Waals surface area contributed by atoms with Crippen molar-refractivity contribution in [2.45, 2.75) is 58.4 Å². The lowest BCUT2D eigenvalue weighted by atomic mass is 9.97. The Hall–Kier alpha value is -1.03. The van der Waals surface area contributed by atoms with E-state index in [4.69, 9.17) is 5.73 Å². The van der Waals surface area contributed by atoms with E-state index in [0.717, 1.165) is 12.1 Å². The molecule has 2 rings (SSSR count). The van der Waals surface area contributed by atoms with Crippen LogP contribution in [0.4, 0.5) is 5.82 Å². The predicted molar refractivity (Wildman–Crippen MR) is 80.6 cm³/mol. The number of hydrogen-bond acceptors (Lipinski definition) is 3. The number of aryl methyl sites for hydroxylation is 2. The summed E-state index contributed by atoms with van der Waals surface area (Å²) in [4.78, 5) is 2.60. The van der Waals surface area contributed by atoms with Crippen molar-refractivity contribution in [1.29, 1.82) is 0 Å². The maximum absolute atomic E-state index is 5.77. The van der Waals surface area contributed by atoms with E-state index >= 15 is 0 Å². The average molecular weight is 264 g/mol. The first-order valence-corrected chi connectivity index (χ1v) is 7.68. The van der Waals surface area contributed by atoms with Crippen LogP contribution in [-0.2, 0) is 13.5 Å². The molecule has 0 amide bonds. The molecule has 108 valence electrons. The van der Waals surface area contributed by atoms with Crippen molar-refractivity contribution in [2.24, 2.45) is 12.8 Å². The van der Waals surface area contributed by atoms with Crippen molar-refractivity contribution in [3.05, 3.63) is 11.3 Å². The highest BCUT2D eigenvalue weighted by molar-refractivity contribution is 5.51. The van der Waals surface area contributed by atoms with Gasteiger partial charge in [0.1, 0.15) is 5.82 Å². The van der Waals surface area contributed by atoms with Gasteiger partial charge in [-0.2, -0.15) is 5.10 Å². The van der Waals surface area contributed by atoms with Gasteiger partial charge in [-0.1, -0.05) is 13.3 Å². The fourth-order valence-corrected chi connectivity index (χ4v) is 3.40. The highest BCUT2D eigenvalue weighted by Crippen LogP contribution is 2.31. The Kier molecular flexibility index (Phi) is 4.86. The summed E-state index contributed by atoms with van der Waals surface area (Å²) >= 11 is 0. The van der Waals surface area contributed by atoms with Crippen LogP contribution >= 0.6 is 0 Å². The average Bonchev–Trinajstić information content (AvgIpc) is 2.66. The maximum atomic E-state index is 5.77. The monoisotopic (exact) mass is 264 g/mol. The first kappa shape index (κ1) is 14.4. The third-order valence-electron chi connectivity index (χ3n) is 4.23. The summed E-state index contributed by atoms with van der Waals surface area (Å²) in [5.41, 5.74) is 8.27. The second-order valence-corrected chi connectivity index (χ2v) is 5.68. The summed E-state index contributed by atoms with van der Waals surface area (Å²) in [6, 6.07) is 0.685. The number of nitrogens with two attached hydrogens (primary N) is 1. The van der Waals surface area contributed by atoms with Gasteiger partial charge < -0.3 is 10.6 Å². The van der Waals surface area contributed by atoms with Crippen LogP contribution in [0.5, 0.6) is 0 Å². The summed E-state index contributed by atoms with van der Waals surface area (Å²) < 4.78 is 2.06. The van der Waals surface area contributed by atoms with Crippen molar-refractivity contribution >= 4 is 5.82 Å². The number of piperidine rings is 1. The Labute approximate surface area is 117 Å². The summed E-state index contributed by atoms with van der Waals surface area (Å²) in [5.74, 6) is 1.32. The molecule has 4 nitrogen and oxygen atoms in total. The zero-order valence-corrected chi connectivity index (χ0v) is 12.7. The van der Waals surface area contributed by atoms with Gasteiger partial charge in [0.05, 0.1) is 5.69 Å². The van der Waals surface area contributed by atoms with Gasteiger partial charge in [0.25, 0.3) is 0 Å². The second kappa shape index (κ2) is 6.42. The second-order valence-electron chi connectivity index (χ2n) is 5.68. The SMILES string of the molecule is CCCC1CCCCN1c1c(CCN)c(C)nn1C. The molecule has 0 aliphatic carbocycles. The van der Waals surface area contributed by atoms with Gasteiger partial charge in [0, 0.05) is 25.2 Å². The molecule has 0 bridgehead atoms. The van der Waals surface area contributed by atoms with E-state index in [2.05, 4.69) is 35.6 Å². The number of hydrogen-bond donors (Lipinski definition) is 1. The lowest BCUT2D eigenvalue weighted by molar-refractivity contribution is 0.426. The molecule has 4 heteroatoms. The van der Waals surface area contributed by atoms with Crippen molar-refractivity contribution in [1.82, 2.24) is 9.78 Å². The summed E-state index contributed by atoms with van der Waals surface area (Å²) in [5, 5.41) is 4.62. The van der Waals surface area contributed by atoms with Gasteiger partial charge in [0.15, 0.2) is 0 Å². The molecule has 1 aliphatic heterocycles. The minimum absolute atomic E-state index is 0.685. The normalized spacial score (nSPS) is 20.0. The Bertz CT molecular complexity index is 409. The van der Waals surface area contributed by atoms with Crippen LogP contribution in [-0.4, -0.2) is 28.9 Å². The van der Waals surface area contributed by atoms with Crippen LogP contribution < -0.4 is 10.6 Å². The van der Waals surface area contributed by atoms with Crippen LogP contribution in [0, 0.1) is 6.92 Å². The van der Waals surface area contributed by atoms with E-state index in [1.165, 1.54) is 50.0 Å². The lowest BCUT2D eigenvalue weighted by Gasteiger charge is -2.38. The third kappa shape index (κ3) is 2.94.